The average molecular weight is 653 g/mol. The number of hydrogen-bond acceptors (Lipinski definition) is 8. The van der Waals surface area contributed by atoms with Gasteiger partial charge in [0.25, 0.3) is 5.56 Å². The first kappa shape index (κ1) is 30.8. The number of ether oxygens (including phenoxy) is 3. The van der Waals surface area contributed by atoms with Gasteiger partial charge in [-0.1, -0.05) is 65.9 Å². The zero-order valence-corrected chi connectivity index (χ0v) is 26.8. The molecular formula is C35H29ClN4O5S. The van der Waals surface area contributed by atoms with Crippen molar-refractivity contribution in [2.45, 2.75) is 13.0 Å². The largest absolute Gasteiger partial charge is 0.497 e. The lowest BCUT2D eigenvalue weighted by molar-refractivity contribution is -0.138. The Kier molecular flexibility index (Phi) is 8.74. The third-order valence-electron chi connectivity index (χ3n) is 7.48. The molecule has 1 unspecified atom stereocenters. The smallest absolute Gasteiger partial charge is 0.338 e. The highest BCUT2D eigenvalue weighted by Gasteiger charge is 2.33. The summed E-state index contributed by atoms with van der Waals surface area (Å²) in [6.07, 6.45) is 5.16. The number of nitrogens with zero attached hydrogens (tertiary/aromatic N) is 4. The number of para-hydroxylation sites is 1. The van der Waals surface area contributed by atoms with Crippen molar-refractivity contribution in [3.63, 3.8) is 0 Å². The van der Waals surface area contributed by atoms with Crippen LogP contribution in [0.15, 0.2) is 113 Å². The Labute approximate surface area is 273 Å². The molecule has 9 nitrogen and oxygen atoms in total. The summed E-state index contributed by atoms with van der Waals surface area (Å²) < 4.78 is 19.8. The van der Waals surface area contributed by atoms with E-state index in [1.54, 1.807) is 60.7 Å². The number of benzene rings is 3. The normalized spacial score (nSPS) is 14.4. The summed E-state index contributed by atoms with van der Waals surface area (Å²) in [5, 5.41) is 5.31. The fourth-order valence-corrected chi connectivity index (χ4v) is 6.58. The van der Waals surface area contributed by atoms with Gasteiger partial charge in [-0.25, -0.2) is 14.5 Å². The van der Waals surface area contributed by atoms with E-state index < -0.39 is 12.0 Å². The standard InChI is InChI=1S/C35H29ClN4O5S/c1-5-17-45-34(42)30-21(2)37-35-40(32(30)22-11-14-26(43-3)15-12-22)33(41)29(46-35)19-24-20-39(25-9-7-6-8-10-25)38-31(24)23-13-16-28(44-4)27(36)18-23/h5-16,18-20,32H,1,17H2,2-4H3/b29-19-. The number of aromatic nitrogens is 3. The molecule has 0 bridgehead atoms. The van der Waals surface area contributed by atoms with Gasteiger partial charge in [0, 0.05) is 17.3 Å². The van der Waals surface area contributed by atoms with Crippen LogP contribution in [0.2, 0.25) is 5.02 Å². The third kappa shape index (κ3) is 5.80. The first-order chi connectivity index (χ1) is 22.3. The average Bonchev–Trinajstić information content (AvgIpc) is 3.63. The fourth-order valence-electron chi connectivity index (χ4n) is 5.28. The van der Waals surface area contributed by atoms with Crippen LogP contribution in [-0.4, -0.2) is 41.1 Å². The van der Waals surface area contributed by atoms with Crippen molar-refractivity contribution in [1.82, 2.24) is 14.3 Å². The second-order valence-electron chi connectivity index (χ2n) is 10.3. The van der Waals surface area contributed by atoms with Crippen LogP contribution in [0.25, 0.3) is 23.0 Å². The molecule has 2 aromatic heterocycles. The number of methoxy groups -OCH3 is 2. The van der Waals surface area contributed by atoms with Crippen LogP contribution in [-0.2, 0) is 9.53 Å². The molecule has 6 rings (SSSR count). The summed E-state index contributed by atoms with van der Waals surface area (Å²) >= 11 is 7.73. The monoisotopic (exact) mass is 652 g/mol. The second kappa shape index (κ2) is 13.0. The highest BCUT2D eigenvalue weighted by Crippen LogP contribution is 2.33. The first-order valence-electron chi connectivity index (χ1n) is 14.3. The Morgan fingerprint density at radius 3 is 2.50 bits per heavy atom. The maximum atomic E-state index is 14.3. The van der Waals surface area contributed by atoms with Gasteiger partial charge in [-0.3, -0.25) is 9.36 Å². The Balaban J connectivity index is 1.55. The summed E-state index contributed by atoms with van der Waals surface area (Å²) in [6.45, 7) is 5.41. The quantitative estimate of drug-likeness (QED) is 0.154. The van der Waals surface area contributed by atoms with Crippen LogP contribution >= 0.6 is 22.9 Å². The third-order valence-corrected chi connectivity index (χ3v) is 8.76. The van der Waals surface area contributed by atoms with Gasteiger partial charge in [0.05, 0.1) is 46.8 Å². The van der Waals surface area contributed by atoms with Crippen molar-refractivity contribution in [3.8, 4) is 28.4 Å². The molecule has 46 heavy (non-hydrogen) atoms. The van der Waals surface area contributed by atoms with Crippen LogP contribution in [0.5, 0.6) is 11.5 Å². The molecule has 0 saturated carbocycles. The zero-order chi connectivity index (χ0) is 32.4. The highest BCUT2D eigenvalue weighted by molar-refractivity contribution is 7.07. The molecule has 0 fully saturated rings. The van der Waals surface area contributed by atoms with Crippen molar-refractivity contribution in [2.75, 3.05) is 20.8 Å². The Bertz CT molecular complexity index is 2160. The molecule has 0 aliphatic carbocycles. The van der Waals surface area contributed by atoms with Crippen molar-refractivity contribution in [1.29, 1.82) is 0 Å². The lowest BCUT2D eigenvalue weighted by atomic mass is 9.96. The maximum Gasteiger partial charge on any atom is 0.338 e. The Morgan fingerprint density at radius 1 is 1.07 bits per heavy atom. The van der Waals surface area contributed by atoms with Crippen LogP contribution in [0, 0.1) is 0 Å². The number of fused-ring (bicyclic) bond motifs is 1. The van der Waals surface area contributed by atoms with Gasteiger partial charge in [-0.2, -0.15) is 5.10 Å². The number of carbonyl (C=O) groups is 1. The number of hydrogen-bond donors (Lipinski definition) is 0. The van der Waals surface area contributed by atoms with Gasteiger partial charge in [-0.05, 0) is 61.0 Å². The number of halogens is 1. The van der Waals surface area contributed by atoms with E-state index in [0.717, 1.165) is 11.3 Å². The summed E-state index contributed by atoms with van der Waals surface area (Å²) in [6, 6.07) is 21.6. The molecule has 5 aromatic rings. The summed E-state index contributed by atoms with van der Waals surface area (Å²) in [4.78, 5) is 32.8. The van der Waals surface area contributed by atoms with E-state index in [9.17, 15) is 9.59 Å². The maximum absolute atomic E-state index is 14.3. The SMILES string of the molecule is C=CCOC(=O)C1=C(C)N=c2s/c(=C\c3cn(-c4ccccc4)nc3-c3ccc(OC)c(Cl)c3)c(=O)n2C1c1ccc(OC)cc1. The van der Waals surface area contributed by atoms with Crippen molar-refractivity contribution in [3.05, 3.63) is 139 Å². The predicted molar refractivity (Wildman–Crippen MR) is 178 cm³/mol. The molecule has 0 radical (unpaired) electrons. The van der Waals surface area contributed by atoms with Crippen molar-refractivity contribution >= 4 is 35.0 Å². The van der Waals surface area contributed by atoms with Gasteiger partial charge in [-0.15, -0.1) is 0 Å². The van der Waals surface area contributed by atoms with E-state index in [1.165, 1.54) is 17.4 Å². The van der Waals surface area contributed by atoms with Crippen LogP contribution in [0.1, 0.15) is 24.1 Å². The molecule has 1 atom stereocenters. The fraction of sp³-hybridized carbons (Fsp3) is 0.143. The van der Waals surface area contributed by atoms with Crippen LogP contribution < -0.4 is 24.4 Å². The van der Waals surface area contributed by atoms with E-state index >= 15 is 0 Å². The molecular weight excluding hydrogens is 624 g/mol. The van der Waals surface area contributed by atoms with Crippen LogP contribution in [0.4, 0.5) is 0 Å². The number of allylic oxidation sites excluding steroid dienone is 1. The molecule has 1 aliphatic heterocycles. The molecule has 0 spiro atoms. The van der Waals surface area contributed by atoms with Gasteiger partial charge < -0.3 is 14.2 Å². The number of esters is 1. The second-order valence-corrected chi connectivity index (χ2v) is 11.7. The minimum atomic E-state index is -0.770. The molecule has 3 heterocycles. The first-order valence-corrected chi connectivity index (χ1v) is 15.5. The van der Waals surface area contributed by atoms with E-state index in [-0.39, 0.29) is 17.7 Å². The Hall–Kier alpha value is -5.19. The molecule has 11 heteroatoms. The van der Waals surface area contributed by atoms with Crippen LogP contribution in [0.3, 0.4) is 0 Å². The predicted octanol–water partition coefficient (Wildman–Crippen LogP) is 5.49. The molecule has 0 saturated heterocycles. The van der Waals surface area contributed by atoms with Crippen molar-refractivity contribution in [2.24, 2.45) is 4.99 Å². The lowest BCUT2D eigenvalue weighted by Gasteiger charge is -2.24. The summed E-state index contributed by atoms with van der Waals surface area (Å²) in [5.74, 6) is 0.618. The summed E-state index contributed by atoms with van der Waals surface area (Å²) in [7, 11) is 3.13. The summed E-state index contributed by atoms with van der Waals surface area (Å²) in [5.41, 5.74) is 4.05. The minimum absolute atomic E-state index is 0.0267. The minimum Gasteiger partial charge on any atom is -0.497 e. The number of rotatable bonds is 9. The van der Waals surface area contributed by atoms with Gasteiger partial charge in [0.15, 0.2) is 4.80 Å². The number of thiazole rings is 1. The Morgan fingerprint density at radius 2 is 1.83 bits per heavy atom. The zero-order valence-electron chi connectivity index (χ0n) is 25.3. The van der Waals surface area contributed by atoms with E-state index in [1.807, 2.05) is 54.7 Å². The van der Waals surface area contributed by atoms with E-state index in [0.29, 0.717) is 48.4 Å². The van der Waals surface area contributed by atoms with Gasteiger partial charge in [0.2, 0.25) is 0 Å². The molecule has 1 aliphatic rings. The van der Waals surface area contributed by atoms with E-state index in [2.05, 4.69) is 6.58 Å². The number of carbonyl (C=O) groups excluding carboxylic acids is 1. The lowest BCUT2D eigenvalue weighted by Crippen LogP contribution is -2.39. The molecule has 0 amide bonds. The molecule has 0 N–H and O–H groups in total. The molecule has 232 valence electrons. The van der Waals surface area contributed by atoms with Gasteiger partial charge >= 0.3 is 5.97 Å². The van der Waals surface area contributed by atoms with Crippen molar-refractivity contribution < 1.29 is 19.0 Å². The molecule has 3 aromatic carbocycles. The van der Waals surface area contributed by atoms with Gasteiger partial charge in [0.1, 0.15) is 23.8 Å². The topological polar surface area (TPSA) is 96.9 Å². The van der Waals surface area contributed by atoms with E-state index in [4.69, 9.17) is 35.9 Å². The highest BCUT2D eigenvalue weighted by atomic mass is 35.5.